The minimum absolute atomic E-state index is 0.263. The lowest BCUT2D eigenvalue weighted by molar-refractivity contribution is -0.180. The Balaban J connectivity index is 1.77. The van der Waals surface area contributed by atoms with E-state index in [1.54, 1.807) is 0 Å². The van der Waals surface area contributed by atoms with Crippen LogP contribution in [0.5, 0.6) is 0 Å². The number of ether oxygens (including phenoxy) is 1. The van der Waals surface area contributed by atoms with Crippen LogP contribution in [0.1, 0.15) is 44.9 Å². The van der Waals surface area contributed by atoms with Crippen molar-refractivity contribution in [3.63, 3.8) is 0 Å². The van der Waals surface area contributed by atoms with Crippen molar-refractivity contribution in [2.45, 2.75) is 61.9 Å². The van der Waals surface area contributed by atoms with E-state index in [4.69, 9.17) is 9.29 Å². The van der Waals surface area contributed by atoms with Gasteiger partial charge in [-0.3, -0.25) is 4.55 Å². The molecule has 2 N–H and O–H groups in total. The molecule has 0 heterocycles. The van der Waals surface area contributed by atoms with Crippen molar-refractivity contribution in [1.82, 2.24) is 0 Å². The summed E-state index contributed by atoms with van der Waals surface area (Å²) in [5.74, 6) is -1.96. The monoisotopic (exact) mass is 354 g/mol. The van der Waals surface area contributed by atoms with Gasteiger partial charge in [-0.1, -0.05) is 0 Å². The fraction of sp³-hybridized carbons (Fsp3) is 0.929. The molecular formula is C14H20F2O6S. The van der Waals surface area contributed by atoms with Gasteiger partial charge in [0.2, 0.25) is 0 Å². The quantitative estimate of drug-likeness (QED) is 0.591. The number of aliphatic hydroxyl groups is 1. The molecule has 0 spiro atoms. The molecular weight excluding hydrogens is 334 g/mol. The van der Waals surface area contributed by atoms with Gasteiger partial charge in [-0.2, -0.15) is 17.2 Å². The van der Waals surface area contributed by atoms with Gasteiger partial charge in [0.25, 0.3) is 0 Å². The predicted octanol–water partition coefficient (Wildman–Crippen LogP) is 1.73. The number of fused-ring (bicyclic) bond motifs is 2. The molecule has 4 aliphatic carbocycles. The van der Waals surface area contributed by atoms with E-state index in [1.807, 2.05) is 0 Å². The van der Waals surface area contributed by atoms with Gasteiger partial charge in [0, 0.05) is 0 Å². The third-order valence-corrected chi connectivity index (χ3v) is 6.30. The number of hydrogen-bond donors (Lipinski definition) is 2. The van der Waals surface area contributed by atoms with Crippen molar-refractivity contribution in [3.8, 4) is 0 Å². The normalized spacial score (nSPS) is 40.5. The Morgan fingerprint density at radius 3 is 2.39 bits per heavy atom. The van der Waals surface area contributed by atoms with Crippen molar-refractivity contribution in [2.24, 2.45) is 17.8 Å². The molecule has 0 aromatic carbocycles. The smallest absolute Gasteiger partial charge is 0.457 e. The van der Waals surface area contributed by atoms with Gasteiger partial charge in [-0.05, 0) is 62.7 Å². The molecule has 4 aliphatic rings. The fourth-order valence-electron chi connectivity index (χ4n) is 4.75. The first-order valence-corrected chi connectivity index (χ1v) is 9.22. The van der Waals surface area contributed by atoms with Gasteiger partial charge in [-0.25, -0.2) is 4.79 Å². The van der Waals surface area contributed by atoms with Crippen molar-refractivity contribution in [1.29, 1.82) is 0 Å². The zero-order chi connectivity index (χ0) is 17.0. The summed E-state index contributed by atoms with van der Waals surface area (Å²) in [6.45, 7) is 0. The van der Waals surface area contributed by atoms with Crippen molar-refractivity contribution < 1.29 is 36.4 Å². The molecule has 4 bridgehead atoms. The lowest BCUT2D eigenvalue weighted by Crippen LogP contribution is -2.51. The number of rotatable bonds is 3. The highest BCUT2D eigenvalue weighted by Crippen LogP contribution is 2.52. The number of carbonyl (C=O) groups is 1. The van der Waals surface area contributed by atoms with Crippen LogP contribution in [-0.2, 0) is 19.6 Å². The highest BCUT2D eigenvalue weighted by Gasteiger charge is 2.56. The first kappa shape index (κ1) is 17.0. The van der Waals surface area contributed by atoms with Crippen LogP contribution in [0.2, 0.25) is 0 Å². The van der Waals surface area contributed by atoms with Crippen LogP contribution in [0.3, 0.4) is 0 Å². The summed E-state index contributed by atoms with van der Waals surface area (Å²) in [7, 11) is -5.86. The number of alkyl halides is 2. The zero-order valence-corrected chi connectivity index (χ0v) is 13.3. The van der Waals surface area contributed by atoms with E-state index >= 15 is 0 Å². The minimum Gasteiger partial charge on any atom is -0.457 e. The summed E-state index contributed by atoms with van der Waals surface area (Å²) in [4.78, 5) is 11.5. The zero-order valence-electron chi connectivity index (χ0n) is 12.5. The lowest BCUT2D eigenvalue weighted by atomic mass is 9.58. The average Bonchev–Trinajstić information content (AvgIpc) is 2.38. The van der Waals surface area contributed by atoms with Crippen LogP contribution in [0.15, 0.2) is 0 Å². The third kappa shape index (κ3) is 3.10. The van der Waals surface area contributed by atoms with Crippen molar-refractivity contribution >= 4 is 16.1 Å². The number of esters is 1. The molecule has 5 unspecified atom stereocenters. The second-order valence-electron chi connectivity index (χ2n) is 7.31. The Hall–Kier alpha value is -0.800. The summed E-state index contributed by atoms with van der Waals surface area (Å²) >= 11 is 0. The molecule has 23 heavy (non-hydrogen) atoms. The second kappa shape index (κ2) is 5.35. The Kier molecular flexibility index (Phi) is 3.97. The van der Waals surface area contributed by atoms with Gasteiger partial charge in [-0.15, -0.1) is 0 Å². The fourth-order valence-corrected chi connectivity index (χ4v) is 5.01. The van der Waals surface area contributed by atoms with Gasteiger partial charge in [0.1, 0.15) is 6.10 Å². The molecule has 0 aromatic rings. The molecule has 0 aliphatic heterocycles. The van der Waals surface area contributed by atoms with E-state index in [2.05, 4.69) is 0 Å². The Morgan fingerprint density at radius 1 is 1.13 bits per heavy atom. The molecule has 0 amide bonds. The predicted molar refractivity (Wildman–Crippen MR) is 74.1 cm³/mol. The molecule has 6 nitrogen and oxygen atoms in total. The Bertz CT molecular complexity index is 606. The SMILES string of the molecule is O=C(OC1CCC2CC3CC1CC(O)(C2)C3)C(F)(F)S(=O)(=O)O. The highest BCUT2D eigenvalue weighted by atomic mass is 32.2. The maximum absolute atomic E-state index is 13.4. The average molecular weight is 354 g/mol. The standard InChI is InChI=1S/C14H20F2O6S/c15-14(16,23(19,20)21)12(17)22-11-2-1-8-3-9-4-10(11)7-13(18,5-8)6-9/h8-11,18H,1-7H2,(H,19,20,21). The maximum Gasteiger partial charge on any atom is 0.465 e. The van der Waals surface area contributed by atoms with Crippen LogP contribution in [0, 0.1) is 17.8 Å². The summed E-state index contributed by atoms with van der Waals surface area (Å²) in [6, 6.07) is 0. The Labute approximate surface area is 132 Å². The van der Waals surface area contributed by atoms with Gasteiger partial charge >= 0.3 is 21.3 Å². The summed E-state index contributed by atoms with van der Waals surface area (Å²) in [5.41, 5.74) is -0.840. The molecule has 0 radical (unpaired) electrons. The first-order valence-electron chi connectivity index (χ1n) is 7.78. The summed E-state index contributed by atoms with van der Waals surface area (Å²) in [6.07, 6.45) is 3.55. The van der Waals surface area contributed by atoms with Crippen LogP contribution < -0.4 is 0 Å². The van der Waals surface area contributed by atoms with E-state index in [9.17, 15) is 27.1 Å². The van der Waals surface area contributed by atoms with E-state index in [0.717, 1.165) is 6.42 Å². The molecule has 5 atom stereocenters. The van der Waals surface area contributed by atoms with Crippen LogP contribution in [0.4, 0.5) is 8.78 Å². The van der Waals surface area contributed by atoms with Crippen LogP contribution >= 0.6 is 0 Å². The molecule has 0 aromatic heterocycles. The molecule has 9 heteroatoms. The van der Waals surface area contributed by atoms with Crippen LogP contribution in [0.25, 0.3) is 0 Å². The molecule has 0 saturated heterocycles. The summed E-state index contributed by atoms with van der Waals surface area (Å²) < 4.78 is 61.3. The minimum atomic E-state index is -5.86. The van der Waals surface area contributed by atoms with Gasteiger partial charge in [0.15, 0.2) is 0 Å². The molecule has 4 saturated carbocycles. The maximum atomic E-state index is 13.4. The molecule has 132 valence electrons. The van der Waals surface area contributed by atoms with E-state index in [-0.39, 0.29) is 17.8 Å². The van der Waals surface area contributed by atoms with Gasteiger partial charge < -0.3 is 9.84 Å². The number of halogens is 2. The van der Waals surface area contributed by atoms with Crippen LogP contribution in [-0.4, -0.2) is 41.0 Å². The lowest BCUT2D eigenvalue weighted by Gasteiger charge is -2.51. The van der Waals surface area contributed by atoms with E-state index in [0.29, 0.717) is 38.5 Å². The molecule has 4 rings (SSSR count). The largest absolute Gasteiger partial charge is 0.465 e. The first-order chi connectivity index (χ1) is 10.5. The summed E-state index contributed by atoms with van der Waals surface area (Å²) in [5, 5.41) is 5.66. The second-order valence-corrected chi connectivity index (χ2v) is 8.78. The highest BCUT2D eigenvalue weighted by molar-refractivity contribution is 7.87. The Morgan fingerprint density at radius 2 is 1.78 bits per heavy atom. The van der Waals surface area contributed by atoms with E-state index in [1.165, 1.54) is 0 Å². The molecule has 4 fully saturated rings. The van der Waals surface area contributed by atoms with Crippen molar-refractivity contribution in [3.05, 3.63) is 0 Å². The third-order valence-electron chi connectivity index (χ3n) is 5.49. The topological polar surface area (TPSA) is 101 Å². The van der Waals surface area contributed by atoms with Crippen molar-refractivity contribution in [2.75, 3.05) is 0 Å². The number of hydrogen-bond acceptors (Lipinski definition) is 5. The van der Waals surface area contributed by atoms with Gasteiger partial charge in [0.05, 0.1) is 5.60 Å². The number of carbonyl (C=O) groups excluding carboxylic acids is 1. The van der Waals surface area contributed by atoms with E-state index < -0.39 is 33.0 Å².